The molecule has 0 saturated carbocycles. The molecule has 0 amide bonds. The van der Waals surface area contributed by atoms with Crippen molar-refractivity contribution in [1.29, 1.82) is 0 Å². The van der Waals surface area contributed by atoms with Crippen LogP contribution in [0.5, 0.6) is 11.5 Å². The van der Waals surface area contributed by atoms with Gasteiger partial charge in [0, 0.05) is 34.3 Å². The highest BCUT2D eigenvalue weighted by atomic mass is 35.5. The van der Waals surface area contributed by atoms with Crippen LogP contribution in [0, 0.1) is 5.41 Å². The fourth-order valence-corrected chi connectivity index (χ4v) is 6.42. The van der Waals surface area contributed by atoms with E-state index >= 15 is 4.39 Å². The van der Waals surface area contributed by atoms with Gasteiger partial charge in [0.15, 0.2) is 0 Å². The zero-order valence-electron chi connectivity index (χ0n) is 21.8. The molecule has 2 aromatic carbocycles. The smallest absolute Gasteiger partial charge is 0.303 e. The maximum absolute atomic E-state index is 15.8. The summed E-state index contributed by atoms with van der Waals surface area (Å²) in [5, 5.41) is 10.6. The van der Waals surface area contributed by atoms with E-state index in [-0.39, 0.29) is 17.9 Å². The lowest BCUT2D eigenvalue weighted by Gasteiger charge is -2.41. The van der Waals surface area contributed by atoms with Crippen LogP contribution in [-0.2, 0) is 4.79 Å². The SMILES string of the molecule is COc1ccc(SCCN2CCC(CCC(F)c3c(Cl)cnc4ccc(OC)cc34)(CC(=O)O)CC2)cc1. The zero-order chi connectivity index (χ0) is 27.1. The standard InChI is InChI=1S/C29H34ClFN2O4S/c1-36-20-3-6-22(7-4-20)38-16-15-33-13-11-29(12-14-33,18-27(34)35)10-9-25(31)28-23-17-21(37-2)5-8-26(23)32-19-24(28)30/h3-8,17,19,25H,9-16,18H2,1-2H3,(H,34,35). The number of halogens is 2. The van der Waals surface area contributed by atoms with Crippen LogP contribution in [0.1, 0.15) is 43.8 Å². The van der Waals surface area contributed by atoms with Gasteiger partial charge in [-0.3, -0.25) is 9.78 Å². The van der Waals surface area contributed by atoms with E-state index in [4.69, 9.17) is 21.1 Å². The number of aliphatic carboxylic acids is 1. The average molecular weight is 561 g/mol. The summed E-state index contributed by atoms with van der Waals surface area (Å²) >= 11 is 8.20. The summed E-state index contributed by atoms with van der Waals surface area (Å²) in [6, 6.07) is 13.4. The van der Waals surface area contributed by atoms with Crippen LogP contribution in [0.15, 0.2) is 53.6 Å². The van der Waals surface area contributed by atoms with E-state index in [1.54, 1.807) is 44.2 Å². The van der Waals surface area contributed by atoms with Crippen molar-refractivity contribution in [3.63, 3.8) is 0 Å². The summed E-state index contributed by atoms with van der Waals surface area (Å²) in [6.07, 6.45) is 2.36. The number of ether oxygens (including phenoxy) is 2. The summed E-state index contributed by atoms with van der Waals surface area (Å²) in [5.41, 5.74) is 0.617. The van der Waals surface area contributed by atoms with Gasteiger partial charge in [0.05, 0.1) is 31.2 Å². The topological polar surface area (TPSA) is 71.9 Å². The van der Waals surface area contributed by atoms with Gasteiger partial charge in [0.25, 0.3) is 0 Å². The number of carboxylic acids is 1. The van der Waals surface area contributed by atoms with Gasteiger partial charge in [-0.25, -0.2) is 4.39 Å². The summed E-state index contributed by atoms with van der Waals surface area (Å²) < 4.78 is 26.3. The lowest BCUT2D eigenvalue weighted by Crippen LogP contribution is -2.42. The number of alkyl halides is 1. The molecule has 1 unspecified atom stereocenters. The Bertz CT molecular complexity index is 1240. The Hall–Kier alpha value is -2.55. The van der Waals surface area contributed by atoms with Crippen LogP contribution in [-0.4, -0.2) is 60.6 Å². The van der Waals surface area contributed by atoms with Crippen molar-refractivity contribution in [2.24, 2.45) is 5.41 Å². The predicted molar refractivity (Wildman–Crippen MR) is 150 cm³/mol. The van der Waals surface area contributed by atoms with Crippen LogP contribution >= 0.6 is 23.4 Å². The van der Waals surface area contributed by atoms with E-state index in [2.05, 4.69) is 22.0 Å². The predicted octanol–water partition coefficient (Wildman–Crippen LogP) is 7.05. The van der Waals surface area contributed by atoms with Gasteiger partial charge in [-0.2, -0.15) is 0 Å². The molecule has 0 bridgehead atoms. The lowest BCUT2D eigenvalue weighted by molar-refractivity contribution is -0.141. The minimum absolute atomic E-state index is 0.0484. The van der Waals surface area contributed by atoms with E-state index < -0.39 is 17.6 Å². The van der Waals surface area contributed by atoms with E-state index in [0.29, 0.717) is 28.6 Å². The largest absolute Gasteiger partial charge is 0.497 e. The number of methoxy groups -OCH3 is 2. The minimum Gasteiger partial charge on any atom is -0.497 e. The van der Waals surface area contributed by atoms with Crippen molar-refractivity contribution < 1.29 is 23.8 Å². The molecule has 204 valence electrons. The Morgan fingerprint density at radius 2 is 1.84 bits per heavy atom. The molecule has 38 heavy (non-hydrogen) atoms. The van der Waals surface area contributed by atoms with Gasteiger partial charge in [-0.1, -0.05) is 11.6 Å². The number of pyridine rings is 1. The molecule has 2 heterocycles. The van der Waals surface area contributed by atoms with E-state index in [1.807, 2.05) is 12.1 Å². The Kier molecular flexibility index (Phi) is 9.74. The Morgan fingerprint density at radius 1 is 1.16 bits per heavy atom. The summed E-state index contributed by atoms with van der Waals surface area (Å²) in [4.78, 5) is 19.7. The van der Waals surface area contributed by atoms with Crippen molar-refractivity contribution in [3.05, 3.63) is 59.2 Å². The second-order valence-corrected chi connectivity index (χ2v) is 11.4. The molecule has 3 aromatic rings. The fraction of sp³-hybridized carbons (Fsp3) is 0.448. The van der Waals surface area contributed by atoms with Crippen LogP contribution in [0.3, 0.4) is 0 Å². The number of carbonyl (C=O) groups is 1. The number of thioether (sulfide) groups is 1. The highest BCUT2D eigenvalue weighted by Crippen LogP contribution is 2.44. The molecular formula is C29H34ClFN2O4S. The number of rotatable bonds is 12. The van der Waals surface area contributed by atoms with Gasteiger partial charge in [0.2, 0.25) is 0 Å². The number of hydrogen-bond acceptors (Lipinski definition) is 6. The molecule has 1 atom stereocenters. The first-order valence-corrected chi connectivity index (χ1v) is 14.2. The molecule has 1 aromatic heterocycles. The van der Waals surface area contributed by atoms with Crippen molar-refractivity contribution >= 4 is 40.2 Å². The van der Waals surface area contributed by atoms with E-state index in [9.17, 15) is 9.90 Å². The summed E-state index contributed by atoms with van der Waals surface area (Å²) in [7, 11) is 3.22. The molecule has 1 N–H and O–H groups in total. The third kappa shape index (κ3) is 7.10. The first-order chi connectivity index (χ1) is 18.3. The first kappa shape index (κ1) is 28.5. The third-order valence-electron chi connectivity index (χ3n) is 7.49. The molecule has 1 fully saturated rings. The third-order valence-corrected chi connectivity index (χ3v) is 8.78. The molecule has 4 rings (SSSR count). The van der Waals surface area contributed by atoms with Crippen LogP contribution in [0.2, 0.25) is 5.02 Å². The van der Waals surface area contributed by atoms with Gasteiger partial charge in [-0.05, 0) is 86.7 Å². The maximum Gasteiger partial charge on any atom is 0.303 e. The average Bonchev–Trinajstić information content (AvgIpc) is 2.92. The molecule has 1 aliphatic heterocycles. The number of carboxylic acid groups (broad SMARTS) is 1. The van der Waals surface area contributed by atoms with Crippen molar-refractivity contribution in [1.82, 2.24) is 9.88 Å². The van der Waals surface area contributed by atoms with Crippen molar-refractivity contribution in [2.45, 2.75) is 43.2 Å². The number of fused-ring (bicyclic) bond motifs is 1. The molecule has 0 spiro atoms. The van der Waals surface area contributed by atoms with E-state index in [1.165, 1.54) is 11.1 Å². The lowest BCUT2D eigenvalue weighted by atomic mass is 9.71. The van der Waals surface area contributed by atoms with Gasteiger partial charge in [-0.15, -0.1) is 11.8 Å². The maximum atomic E-state index is 15.8. The van der Waals surface area contributed by atoms with Gasteiger partial charge >= 0.3 is 5.97 Å². The fourth-order valence-electron chi connectivity index (χ4n) is 5.24. The second kappa shape index (κ2) is 13.0. The number of piperidine rings is 1. The van der Waals surface area contributed by atoms with Crippen molar-refractivity contribution in [2.75, 3.05) is 39.6 Å². The number of hydrogen-bond donors (Lipinski definition) is 1. The Morgan fingerprint density at radius 3 is 2.50 bits per heavy atom. The number of likely N-dealkylation sites (tertiary alicyclic amines) is 1. The molecule has 1 saturated heterocycles. The second-order valence-electron chi connectivity index (χ2n) is 9.85. The zero-order valence-corrected chi connectivity index (χ0v) is 23.4. The van der Waals surface area contributed by atoms with Crippen LogP contribution < -0.4 is 9.47 Å². The first-order valence-electron chi connectivity index (χ1n) is 12.8. The normalized spacial score (nSPS) is 16.3. The molecule has 0 radical (unpaired) electrons. The quantitative estimate of drug-likeness (QED) is 0.238. The Labute approximate surface area is 232 Å². The molecular weight excluding hydrogens is 527 g/mol. The highest BCUT2D eigenvalue weighted by Gasteiger charge is 2.37. The van der Waals surface area contributed by atoms with E-state index in [0.717, 1.165) is 44.0 Å². The molecule has 9 heteroatoms. The number of nitrogens with zero attached hydrogens (tertiary/aromatic N) is 2. The van der Waals surface area contributed by atoms with Crippen molar-refractivity contribution in [3.8, 4) is 11.5 Å². The number of aromatic nitrogens is 1. The summed E-state index contributed by atoms with van der Waals surface area (Å²) in [5.74, 6) is 1.56. The summed E-state index contributed by atoms with van der Waals surface area (Å²) in [6.45, 7) is 2.54. The molecule has 1 aliphatic rings. The Balaban J connectivity index is 1.36. The molecule has 6 nitrogen and oxygen atoms in total. The van der Waals surface area contributed by atoms with Crippen LogP contribution in [0.25, 0.3) is 10.9 Å². The van der Waals surface area contributed by atoms with Gasteiger partial charge < -0.3 is 19.5 Å². The van der Waals surface area contributed by atoms with Crippen LogP contribution in [0.4, 0.5) is 4.39 Å². The monoisotopic (exact) mass is 560 g/mol. The van der Waals surface area contributed by atoms with Gasteiger partial charge in [0.1, 0.15) is 17.7 Å². The minimum atomic E-state index is -1.33. The highest BCUT2D eigenvalue weighted by molar-refractivity contribution is 7.99. The molecule has 0 aliphatic carbocycles. The number of benzene rings is 2.